The van der Waals surface area contributed by atoms with Gasteiger partial charge in [-0.05, 0) is 79.7 Å². The first-order valence-corrected chi connectivity index (χ1v) is 13.5. The van der Waals surface area contributed by atoms with Crippen molar-refractivity contribution in [1.82, 2.24) is 14.5 Å². The van der Waals surface area contributed by atoms with E-state index in [-0.39, 0.29) is 5.92 Å². The highest BCUT2D eigenvalue weighted by atomic mass is 32.1. The number of aryl methyl sites for hydroxylation is 1. The van der Waals surface area contributed by atoms with E-state index in [9.17, 15) is 5.11 Å². The summed E-state index contributed by atoms with van der Waals surface area (Å²) in [5, 5.41) is 13.2. The molecule has 1 saturated heterocycles. The number of fused-ring (bicyclic) bond motifs is 1. The number of aliphatic hydroxyl groups is 1. The summed E-state index contributed by atoms with van der Waals surface area (Å²) in [6, 6.07) is 31.1. The molecule has 0 saturated carbocycles. The molecule has 5 heteroatoms. The minimum Gasteiger partial charge on any atom is -0.380 e. The Balaban J connectivity index is 1.20. The van der Waals surface area contributed by atoms with E-state index in [4.69, 9.17) is 4.98 Å². The summed E-state index contributed by atoms with van der Waals surface area (Å²) in [6.07, 6.45) is 4.01. The van der Waals surface area contributed by atoms with Crippen LogP contribution in [0.3, 0.4) is 0 Å². The Bertz CT molecular complexity index is 1410. The van der Waals surface area contributed by atoms with E-state index in [1.54, 1.807) is 11.3 Å². The minimum absolute atomic E-state index is 0.165. The molecular formula is C31H31N3OS. The molecule has 0 aliphatic carbocycles. The number of nitrogens with zero attached hydrogens (tertiary/aromatic N) is 3. The molecule has 182 valence electrons. The molecule has 3 heterocycles. The van der Waals surface area contributed by atoms with Crippen LogP contribution in [0.2, 0.25) is 0 Å². The maximum atomic E-state index is 12.2. The fourth-order valence-electron chi connectivity index (χ4n) is 5.61. The first-order chi connectivity index (χ1) is 17.6. The van der Waals surface area contributed by atoms with Crippen LogP contribution in [0.4, 0.5) is 0 Å². The van der Waals surface area contributed by atoms with E-state index in [2.05, 4.69) is 77.2 Å². The number of rotatable bonds is 6. The van der Waals surface area contributed by atoms with Crippen LogP contribution >= 0.6 is 11.3 Å². The fraction of sp³-hybridized carbons (Fsp3) is 0.258. The van der Waals surface area contributed by atoms with Gasteiger partial charge in [-0.15, -0.1) is 0 Å². The van der Waals surface area contributed by atoms with E-state index in [0.717, 1.165) is 54.3 Å². The second-order valence-electron chi connectivity index (χ2n) is 9.89. The summed E-state index contributed by atoms with van der Waals surface area (Å²) in [5.74, 6) is 0.165. The van der Waals surface area contributed by atoms with Crippen LogP contribution in [0, 0.1) is 12.8 Å². The van der Waals surface area contributed by atoms with Crippen molar-refractivity contribution in [2.24, 2.45) is 5.92 Å². The SMILES string of the molecule is Cc1ccc2nc(-n3cccc3CN3CCC(C(O)(c4ccccc4)c4ccccc4)CC3)sc2c1. The molecule has 0 bridgehead atoms. The summed E-state index contributed by atoms with van der Waals surface area (Å²) in [4.78, 5) is 7.40. The van der Waals surface area contributed by atoms with Gasteiger partial charge in [0.05, 0.1) is 10.2 Å². The lowest BCUT2D eigenvalue weighted by Gasteiger charge is -2.42. The molecule has 1 N–H and O–H groups in total. The molecular weight excluding hydrogens is 462 g/mol. The first kappa shape index (κ1) is 23.2. The van der Waals surface area contributed by atoms with Crippen LogP contribution < -0.4 is 0 Å². The number of hydrogen-bond acceptors (Lipinski definition) is 4. The molecule has 6 rings (SSSR count). The van der Waals surface area contributed by atoms with Crippen LogP contribution in [0.1, 0.15) is 35.2 Å². The molecule has 0 amide bonds. The van der Waals surface area contributed by atoms with E-state index >= 15 is 0 Å². The molecule has 0 spiro atoms. The van der Waals surface area contributed by atoms with Crippen LogP contribution in [-0.4, -0.2) is 32.6 Å². The second kappa shape index (κ2) is 9.66. The molecule has 4 nitrogen and oxygen atoms in total. The van der Waals surface area contributed by atoms with Crippen molar-refractivity contribution in [3.63, 3.8) is 0 Å². The monoisotopic (exact) mass is 493 g/mol. The maximum Gasteiger partial charge on any atom is 0.194 e. The smallest absolute Gasteiger partial charge is 0.194 e. The zero-order chi connectivity index (χ0) is 24.5. The topological polar surface area (TPSA) is 41.3 Å². The fourth-order valence-corrected chi connectivity index (χ4v) is 6.70. The number of piperidine rings is 1. The summed E-state index contributed by atoms with van der Waals surface area (Å²) >= 11 is 1.74. The predicted molar refractivity (Wildman–Crippen MR) is 148 cm³/mol. The van der Waals surface area contributed by atoms with Crippen molar-refractivity contribution in [2.75, 3.05) is 13.1 Å². The minimum atomic E-state index is -0.978. The van der Waals surface area contributed by atoms with Crippen molar-refractivity contribution in [3.8, 4) is 5.13 Å². The third-order valence-corrected chi connectivity index (χ3v) is 8.58. The van der Waals surface area contributed by atoms with Crippen molar-refractivity contribution in [2.45, 2.75) is 31.9 Å². The zero-order valence-corrected chi connectivity index (χ0v) is 21.4. The summed E-state index contributed by atoms with van der Waals surface area (Å²) in [5.41, 5.74) is 4.56. The van der Waals surface area contributed by atoms with Gasteiger partial charge in [0.1, 0.15) is 5.60 Å². The van der Waals surface area contributed by atoms with E-state index in [1.807, 2.05) is 36.4 Å². The molecule has 0 radical (unpaired) electrons. The number of likely N-dealkylation sites (tertiary alicyclic amines) is 1. The quantitative estimate of drug-likeness (QED) is 0.292. The highest BCUT2D eigenvalue weighted by Gasteiger charge is 2.41. The predicted octanol–water partition coefficient (Wildman–Crippen LogP) is 6.54. The van der Waals surface area contributed by atoms with E-state index < -0.39 is 5.60 Å². The van der Waals surface area contributed by atoms with Crippen molar-refractivity contribution >= 4 is 21.6 Å². The molecule has 1 aliphatic heterocycles. The average Bonchev–Trinajstić information content (AvgIpc) is 3.56. The molecule has 0 unspecified atom stereocenters. The number of aromatic nitrogens is 2. The lowest BCUT2D eigenvalue weighted by atomic mass is 9.72. The van der Waals surface area contributed by atoms with E-state index in [1.165, 1.54) is 16.0 Å². The van der Waals surface area contributed by atoms with Crippen LogP contribution in [0.15, 0.2) is 97.2 Å². The Morgan fingerprint density at radius 2 is 1.56 bits per heavy atom. The van der Waals surface area contributed by atoms with Gasteiger partial charge in [-0.2, -0.15) is 0 Å². The summed E-state index contributed by atoms with van der Waals surface area (Å²) in [7, 11) is 0. The number of thiazole rings is 1. The standard InChI is InChI=1S/C31H31N3OS/c1-23-14-15-28-29(21-23)36-30(32-28)34-18-8-13-27(34)22-33-19-16-26(17-20-33)31(35,24-9-4-2-5-10-24)25-11-6-3-7-12-25/h2-15,18,21,26,35H,16-17,19-20,22H2,1H3. The highest BCUT2D eigenvalue weighted by molar-refractivity contribution is 7.20. The Morgan fingerprint density at radius 3 is 2.22 bits per heavy atom. The van der Waals surface area contributed by atoms with Gasteiger partial charge in [-0.1, -0.05) is 78.1 Å². The molecule has 36 heavy (non-hydrogen) atoms. The maximum absolute atomic E-state index is 12.2. The summed E-state index contributed by atoms with van der Waals surface area (Å²) in [6.45, 7) is 4.91. The molecule has 1 aliphatic rings. The first-order valence-electron chi connectivity index (χ1n) is 12.7. The molecule has 2 aromatic heterocycles. The Labute approximate surface area is 216 Å². The Morgan fingerprint density at radius 1 is 0.889 bits per heavy atom. The number of hydrogen-bond donors (Lipinski definition) is 1. The second-order valence-corrected chi connectivity index (χ2v) is 10.9. The lowest BCUT2D eigenvalue weighted by Crippen LogP contribution is -2.44. The van der Waals surface area contributed by atoms with Gasteiger partial charge in [0.15, 0.2) is 5.13 Å². The zero-order valence-electron chi connectivity index (χ0n) is 20.5. The van der Waals surface area contributed by atoms with Crippen LogP contribution in [0.25, 0.3) is 15.3 Å². The van der Waals surface area contributed by atoms with Crippen molar-refractivity contribution in [1.29, 1.82) is 0 Å². The van der Waals surface area contributed by atoms with Crippen LogP contribution in [-0.2, 0) is 12.1 Å². The van der Waals surface area contributed by atoms with Crippen LogP contribution in [0.5, 0.6) is 0 Å². The van der Waals surface area contributed by atoms with Crippen molar-refractivity contribution < 1.29 is 5.11 Å². The molecule has 1 fully saturated rings. The van der Waals surface area contributed by atoms with E-state index in [0.29, 0.717) is 0 Å². The highest BCUT2D eigenvalue weighted by Crippen LogP contribution is 2.42. The molecule has 5 aromatic rings. The van der Waals surface area contributed by atoms with Gasteiger partial charge >= 0.3 is 0 Å². The summed E-state index contributed by atoms with van der Waals surface area (Å²) < 4.78 is 3.46. The third kappa shape index (κ3) is 4.28. The third-order valence-electron chi connectivity index (χ3n) is 7.56. The Kier molecular flexibility index (Phi) is 6.22. The molecule has 3 aromatic carbocycles. The molecule has 0 atom stereocenters. The van der Waals surface area contributed by atoms with Gasteiger partial charge in [0.25, 0.3) is 0 Å². The van der Waals surface area contributed by atoms with Gasteiger partial charge in [-0.3, -0.25) is 9.47 Å². The van der Waals surface area contributed by atoms with Gasteiger partial charge in [-0.25, -0.2) is 4.98 Å². The lowest BCUT2D eigenvalue weighted by molar-refractivity contribution is -0.0154. The van der Waals surface area contributed by atoms with Gasteiger partial charge in [0, 0.05) is 18.4 Å². The number of benzene rings is 3. The normalized spacial score (nSPS) is 15.5. The van der Waals surface area contributed by atoms with Gasteiger partial charge < -0.3 is 5.11 Å². The van der Waals surface area contributed by atoms with Gasteiger partial charge in [0.2, 0.25) is 0 Å². The average molecular weight is 494 g/mol. The Hall–Kier alpha value is -3.25. The van der Waals surface area contributed by atoms with Crippen molar-refractivity contribution in [3.05, 3.63) is 120 Å². The largest absolute Gasteiger partial charge is 0.380 e.